The van der Waals surface area contributed by atoms with Gasteiger partial charge in [-0.25, -0.2) is 0 Å². The number of hydrogen-bond acceptors (Lipinski definition) is 0. The van der Waals surface area contributed by atoms with E-state index >= 15 is 0 Å². The molecule has 110 valence electrons. The summed E-state index contributed by atoms with van der Waals surface area (Å²) in [6.07, 6.45) is 2.18. The number of nitrogens with two attached hydrogens (primary N) is 1. The first kappa shape index (κ1) is 13.4. The summed E-state index contributed by atoms with van der Waals surface area (Å²) in [5.74, 6) is 0. The fourth-order valence-electron chi connectivity index (χ4n) is 3.61. The summed E-state index contributed by atoms with van der Waals surface area (Å²) in [6.45, 7) is 5.39. The van der Waals surface area contributed by atoms with E-state index in [1.165, 1.54) is 33.6 Å². The number of hydrogen-bond donors (Lipinski definition) is 1. The first-order chi connectivity index (χ1) is 10.7. The molecule has 1 aliphatic rings. The van der Waals surface area contributed by atoms with Crippen LogP contribution in [0, 0.1) is 13.8 Å². The molecule has 1 unspecified atom stereocenters. The van der Waals surface area contributed by atoms with Crippen LogP contribution in [0.5, 0.6) is 0 Å². The molecule has 0 radical (unpaired) electrons. The minimum Gasteiger partial charge on any atom is -0.331 e. The van der Waals surface area contributed by atoms with E-state index in [9.17, 15) is 0 Å². The number of aryl methyl sites for hydroxylation is 2. The predicted octanol–water partition coefficient (Wildman–Crippen LogP) is 3.26. The van der Waals surface area contributed by atoms with Crippen LogP contribution in [0.15, 0.2) is 60.8 Å². The molecular weight excluding hydrogens is 268 g/mol. The summed E-state index contributed by atoms with van der Waals surface area (Å²) in [5.41, 5.74) is 8.18. The van der Waals surface area contributed by atoms with E-state index in [0.717, 1.165) is 6.54 Å². The van der Waals surface area contributed by atoms with Crippen molar-refractivity contribution in [2.45, 2.75) is 26.4 Å². The van der Waals surface area contributed by atoms with Gasteiger partial charge in [-0.1, -0.05) is 42.0 Å². The number of rotatable bonds is 1. The van der Waals surface area contributed by atoms with E-state index in [0.29, 0.717) is 6.04 Å². The van der Waals surface area contributed by atoms with Crippen molar-refractivity contribution in [3.05, 3.63) is 88.7 Å². The maximum Gasteiger partial charge on any atom is 0.153 e. The summed E-state index contributed by atoms with van der Waals surface area (Å²) < 4.78 is 2.35. The number of fused-ring (bicyclic) bond motifs is 3. The molecule has 22 heavy (non-hydrogen) atoms. The lowest BCUT2D eigenvalue weighted by molar-refractivity contribution is -0.702. The van der Waals surface area contributed by atoms with Crippen LogP contribution in [0.3, 0.4) is 0 Å². The molecule has 2 heterocycles. The lowest BCUT2D eigenvalue weighted by Gasteiger charge is -2.17. The molecule has 0 amide bonds. The molecule has 0 saturated heterocycles. The quantitative estimate of drug-likeness (QED) is 0.710. The van der Waals surface area contributed by atoms with Crippen molar-refractivity contribution in [3.8, 4) is 5.69 Å². The lowest BCUT2D eigenvalue weighted by atomic mass is 9.97. The van der Waals surface area contributed by atoms with E-state index in [-0.39, 0.29) is 0 Å². The first-order valence-corrected chi connectivity index (χ1v) is 7.90. The standard InChI is InChI=1S/C20H20N2/c1-14-9-10-17(15(2)12-14)20-19-8-5-11-22(19)18-7-4-3-6-16(18)13-21-20/h3-12,20-21H,13H2,1-2H3/p+1. The summed E-state index contributed by atoms with van der Waals surface area (Å²) in [7, 11) is 0. The molecule has 2 heteroatoms. The van der Waals surface area contributed by atoms with E-state index in [4.69, 9.17) is 0 Å². The third kappa shape index (κ3) is 2.08. The maximum absolute atomic E-state index is 2.45. The Kier molecular flexibility index (Phi) is 3.12. The topological polar surface area (TPSA) is 21.5 Å². The highest BCUT2D eigenvalue weighted by Gasteiger charge is 2.26. The molecule has 3 aromatic rings. The Morgan fingerprint density at radius 1 is 1.00 bits per heavy atom. The number of aromatic nitrogens is 1. The molecule has 1 aliphatic heterocycles. The van der Waals surface area contributed by atoms with Gasteiger partial charge in [-0.2, -0.15) is 0 Å². The second-order valence-corrected chi connectivity index (χ2v) is 6.21. The average Bonchev–Trinajstić information content (AvgIpc) is 2.93. The van der Waals surface area contributed by atoms with Gasteiger partial charge in [-0.05, 0) is 37.6 Å². The Balaban J connectivity index is 1.88. The van der Waals surface area contributed by atoms with Crippen LogP contribution in [0.4, 0.5) is 0 Å². The molecule has 2 nitrogen and oxygen atoms in total. The molecule has 0 bridgehead atoms. The normalized spacial score (nSPS) is 16.7. The van der Waals surface area contributed by atoms with Gasteiger partial charge in [0.2, 0.25) is 0 Å². The number of nitrogens with zero attached hydrogens (tertiary/aromatic N) is 1. The Morgan fingerprint density at radius 3 is 2.73 bits per heavy atom. The minimum absolute atomic E-state index is 0.350. The third-order valence-corrected chi connectivity index (χ3v) is 4.68. The largest absolute Gasteiger partial charge is 0.331 e. The zero-order chi connectivity index (χ0) is 15.1. The van der Waals surface area contributed by atoms with E-state index in [1.807, 2.05) is 0 Å². The Hall–Kier alpha value is -2.32. The van der Waals surface area contributed by atoms with Gasteiger partial charge in [0.25, 0.3) is 0 Å². The number of quaternary nitrogens is 1. The number of para-hydroxylation sites is 1. The lowest BCUT2D eigenvalue weighted by Crippen LogP contribution is -2.83. The molecular formula is C20H21N2+. The van der Waals surface area contributed by atoms with Gasteiger partial charge < -0.3 is 9.88 Å². The van der Waals surface area contributed by atoms with Crippen molar-refractivity contribution in [2.75, 3.05) is 0 Å². The zero-order valence-electron chi connectivity index (χ0n) is 13.1. The van der Waals surface area contributed by atoms with E-state index < -0.39 is 0 Å². The van der Waals surface area contributed by atoms with Crippen LogP contribution in [0.1, 0.15) is 34.0 Å². The molecule has 2 aromatic carbocycles. The minimum atomic E-state index is 0.350. The smallest absolute Gasteiger partial charge is 0.153 e. The van der Waals surface area contributed by atoms with Gasteiger partial charge in [0.1, 0.15) is 6.54 Å². The Labute approximate surface area is 131 Å². The number of benzene rings is 2. The Bertz CT molecular complexity index is 829. The predicted molar refractivity (Wildman–Crippen MR) is 89.2 cm³/mol. The van der Waals surface area contributed by atoms with Crippen LogP contribution < -0.4 is 5.32 Å². The maximum atomic E-state index is 2.45. The fourth-order valence-corrected chi connectivity index (χ4v) is 3.61. The van der Waals surface area contributed by atoms with Crippen LogP contribution in [-0.4, -0.2) is 4.57 Å². The third-order valence-electron chi connectivity index (χ3n) is 4.68. The van der Waals surface area contributed by atoms with Crippen molar-refractivity contribution in [3.63, 3.8) is 0 Å². The summed E-state index contributed by atoms with van der Waals surface area (Å²) in [6, 6.07) is 20.3. The van der Waals surface area contributed by atoms with Crippen molar-refractivity contribution in [2.24, 2.45) is 0 Å². The van der Waals surface area contributed by atoms with Gasteiger partial charge in [0.05, 0.1) is 11.4 Å². The molecule has 0 saturated carbocycles. The summed E-state index contributed by atoms with van der Waals surface area (Å²) in [5, 5.41) is 2.45. The van der Waals surface area contributed by atoms with Gasteiger partial charge in [0.15, 0.2) is 6.04 Å². The van der Waals surface area contributed by atoms with Gasteiger partial charge >= 0.3 is 0 Å². The highest BCUT2D eigenvalue weighted by molar-refractivity contribution is 5.46. The van der Waals surface area contributed by atoms with E-state index in [1.54, 1.807) is 0 Å². The Morgan fingerprint density at radius 2 is 1.86 bits per heavy atom. The SMILES string of the molecule is Cc1ccc(C2[NH2+]Cc3ccccc3-n3cccc32)c(C)c1. The van der Waals surface area contributed by atoms with Crippen molar-refractivity contribution in [1.82, 2.24) is 4.57 Å². The zero-order valence-corrected chi connectivity index (χ0v) is 13.1. The van der Waals surface area contributed by atoms with Crippen molar-refractivity contribution in [1.29, 1.82) is 0 Å². The van der Waals surface area contributed by atoms with Gasteiger partial charge in [0, 0.05) is 17.3 Å². The van der Waals surface area contributed by atoms with Gasteiger partial charge in [-0.15, -0.1) is 0 Å². The molecule has 4 rings (SSSR count). The second kappa shape index (κ2) is 5.15. The van der Waals surface area contributed by atoms with Crippen LogP contribution in [0.2, 0.25) is 0 Å². The van der Waals surface area contributed by atoms with Crippen LogP contribution >= 0.6 is 0 Å². The van der Waals surface area contributed by atoms with E-state index in [2.05, 4.69) is 84.5 Å². The molecule has 1 atom stereocenters. The first-order valence-electron chi connectivity index (χ1n) is 7.90. The van der Waals surface area contributed by atoms with Crippen LogP contribution in [-0.2, 0) is 6.54 Å². The summed E-state index contributed by atoms with van der Waals surface area (Å²) in [4.78, 5) is 0. The highest BCUT2D eigenvalue weighted by Crippen LogP contribution is 2.28. The molecule has 0 fully saturated rings. The fraction of sp³-hybridized carbons (Fsp3) is 0.200. The van der Waals surface area contributed by atoms with Gasteiger partial charge in [-0.3, -0.25) is 0 Å². The van der Waals surface area contributed by atoms with Crippen molar-refractivity contribution >= 4 is 0 Å². The van der Waals surface area contributed by atoms with Crippen molar-refractivity contribution < 1.29 is 5.32 Å². The highest BCUT2D eigenvalue weighted by atomic mass is 15.1. The monoisotopic (exact) mass is 289 g/mol. The molecule has 0 aliphatic carbocycles. The van der Waals surface area contributed by atoms with Crippen LogP contribution in [0.25, 0.3) is 5.69 Å². The molecule has 1 aromatic heterocycles. The average molecular weight is 289 g/mol. The molecule has 0 spiro atoms. The summed E-state index contributed by atoms with van der Waals surface area (Å²) >= 11 is 0. The second-order valence-electron chi connectivity index (χ2n) is 6.21. The molecule has 2 N–H and O–H groups in total.